The molecular formula is C14H8N2O5. The summed E-state index contributed by atoms with van der Waals surface area (Å²) in [5.74, 6) is -2.93. The van der Waals surface area contributed by atoms with Crippen molar-refractivity contribution < 1.29 is 24.6 Å². The third-order valence-corrected chi connectivity index (χ3v) is 3.16. The highest BCUT2D eigenvalue weighted by Crippen LogP contribution is 2.31. The molecule has 3 rings (SSSR count). The van der Waals surface area contributed by atoms with Crippen LogP contribution in [0.4, 0.5) is 5.69 Å². The van der Waals surface area contributed by atoms with E-state index in [9.17, 15) is 19.5 Å². The highest BCUT2D eigenvalue weighted by atomic mass is 16.4. The maximum Gasteiger partial charge on any atom is 0.339 e. The zero-order chi connectivity index (χ0) is 15.1. The van der Waals surface area contributed by atoms with E-state index in [2.05, 4.69) is 4.98 Å². The van der Waals surface area contributed by atoms with Gasteiger partial charge in [-0.3, -0.25) is 14.6 Å². The normalized spacial score (nSPS) is 13.4. The van der Waals surface area contributed by atoms with Crippen LogP contribution >= 0.6 is 0 Å². The molecule has 1 aromatic carbocycles. The van der Waals surface area contributed by atoms with Gasteiger partial charge in [-0.15, -0.1) is 0 Å². The standard InChI is InChI=1S/C14H8N2O5/c17-11-5-7(1-2-9(11)14(20)21)16-12(18)8-3-4-15-6-10(8)13(16)19/h1-6,17H,(H,20,21). The number of hydrogen-bond acceptors (Lipinski definition) is 5. The van der Waals surface area contributed by atoms with Crippen molar-refractivity contribution in [1.29, 1.82) is 0 Å². The molecule has 1 aliphatic rings. The number of nitrogens with zero attached hydrogens (tertiary/aromatic N) is 2. The SMILES string of the molecule is O=C(O)c1ccc(N2C(=O)c3ccncc3C2=O)cc1O. The van der Waals surface area contributed by atoms with Crippen LogP contribution in [0.1, 0.15) is 31.1 Å². The van der Waals surface area contributed by atoms with E-state index in [-0.39, 0.29) is 22.4 Å². The van der Waals surface area contributed by atoms with Crippen LogP contribution in [0.15, 0.2) is 36.7 Å². The summed E-state index contributed by atoms with van der Waals surface area (Å²) in [4.78, 5) is 39.9. The fraction of sp³-hybridized carbons (Fsp3) is 0. The smallest absolute Gasteiger partial charge is 0.339 e. The lowest BCUT2D eigenvalue weighted by Gasteiger charge is -2.14. The molecule has 1 aromatic heterocycles. The fourth-order valence-electron chi connectivity index (χ4n) is 2.16. The molecule has 0 aliphatic carbocycles. The molecule has 21 heavy (non-hydrogen) atoms. The van der Waals surface area contributed by atoms with Gasteiger partial charge in [0.25, 0.3) is 11.8 Å². The minimum Gasteiger partial charge on any atom is -0.507 e. The van der Waals surface area contributed by atoms with Gasteiger partial charge in [-0.1, -0.05) is 0 Å². The molecule has 0 unspecified atom stereocenters. The van der Waals surface area contributed by atoms with Crippen LogP contribution in [0.3, 0.4) is 0 Å². The van der Waals surface area contributed by atoms with E-state index < -0.39 is 23.5 Å². The molecule has 7 heteroatoms. The second kappa shape index (κ2) is 4.41. The number of hydrogen-bond donors (Lipinski definition) is 2. The number of carboxylic acid groups (broad SMARTS) is 1. The molecule has 2 heterocycles. The van der Waals surface area contributed by atoms with Crippen LogP contribution in [0.5, 0.6) is 5.75 Å². The number of rotatable bonds is 2. The first-order chi connectivity index (χ1) is 10.0. The number of carboxylic acids is 1. The molecule has 1 aliphatic heterocycles. The molecule has 2 amide bonds. The Kier molecular flexibility index (Phi) is 2.69. The van der Waals surface area contributed by atoms with E-state index in [1.807, 2.05) is 0 Å². The second-order valence-electron chi connectivity index (χ2n) is 4.37. The van der Waals surface area contributed by atoms with Crippen molar-refractivity contribution in [1.82, 2.24) is 4.98 Å². The van der Waals surface area contributed by atoms with Crippen LogP contribution in [0.2, 0.25) is 0 Å². The van der Waals surface area contributed by atoms with E-state index in [0.717, 1.165) is 17.0 Å². The number of phenols is 1. The van der Waals surface area contributed by atoms with Crippen molar-refractivity contribution in [3.63, 3.8) is 0 Å². The number of pyridine rings is 1. The fourth-order valence-corrected chi connectivity index (χ4v) is 2.16. The van der Waals surface area contributed by atoms with Crippen LogP contribution < -0.4 is 4.90 Å². The lowest BCUT2D eigenvalue weighted by molar-refractivity contribution is 0.0693. The van der Waals surface area contributed by atoms with Gasteiger partial charge in [-0.2, -0.15) is 0 Å². The number of aromatic hydroxyl groups is 1. The van der Waals surface area contributed by atoms with E-state index in [1.54, 1.807) is 0 Å². The van der Waals surface area contributed by atoms with Gasteiger partial charge in [-0.25, -0.2) is 9.69 Å². The molecule has 7 nitrogen and oxygen atoms in total. The Morgan fingerprint density at radius 3 is 2.43 bits per heavy atom. The summed E-state index contributed by atoms with van der Waals surface area (Å²) < 4.78 is 0. The Morgan fingerprint density at radius 1 is 1.10 bits per heavy atom. The number of imide groups is 1. The number of fused-ring (bicyclic) bond motifs is 1. The van der Waals surface area contributed by atoms with Crippen molar-refractivity contribution in [3.8, 4) is 5.75 Å². The summed E-state index contributed by atoms with van der Waals surface area (Å²) in [5, 5.41) is 18.5. The van der Waals surface area contributed by atoms with Crippen LogP contribution in [-0.4, -0.2) is 33.0 Å². The molecule has 104 valence electrons. The third kappa shape index (κ3) is 1.83. The van der Waals surface area contributed by atoms with Gasteiger partial charge in [0.2, 0.25) is 0 Å². The Labute approximate surface area is 118 Å². The Bertz CT molecular complexity index is 765. The third-order valence-electron chi connectivity index (χ3n) is 3.16. The Morgan fingerprint density at radius 2 is 1.81 bits per heavy atom. The number of aromatic carboxylic acids is 1. The van der Waals surface area contributed by atoms with Crippen LogP contribution in [0, 0.1) is 0 Å². The molecule has 0 atom stereocenters. The number of aromatic nitrogens is 1. The summed E-state index contributed by atoms with van der Waals surface area (Å²) in [6, 6.07) is 4.92. The lowest BCUT2D eigenvalue weighted by Crippen LogP contribution is -2.29. The predicted octanol–water partition coefficient (Wildman–Crippen LogP) is 1.29. The lowest BCUT2D eigenvalue weighted by atomic mass is 10.1. The monoisotopic (exact) mass is 284 g/mol. The zero-order valence-corrected chi connectivity index (χ0v) is 10.5. The molecule has 2 aromatic rings. The maximum absolute atomic E-state index is 12.2. The summed E-state index contributed by atoms with van der Waals surface area (Å²) >= 11 is 0. The number of benzene rings is 1. The highest BCUT2D eigenvalue weighted by molar-refractivity contribution is 6.34. The molecule has 0 saturated heterocycles. The molecule has 0 radical (unpaired) electrons. The number of carbonyl (C=O) groups excluding carboxylic acids is 2. The minimum absolute atomic E-state index is 0.101. The Hall–Kier alpha value is -3.22. The van der Waals surface area contributed by atoms with E-state index in [0.29, 0.717) is 0 Å². The van der Waals surface area contributed by atoms with Gasteiger partial charge in [0.05, 0.1) is 16.8 Å². The first-order valence-electron chi connectivity index (χ1n) is 5.90. The topological polar surface area (TPSA) is 108 Å². The van der Waals surface area contributed by atoms with Crippen molar-refractivity contribution in [2.45, 2.75) is 0 Å². The van der Waals surface area contributed by atoms with Crippen molar-refractivity contribution in [2.75, 3.05) is 4.90 Å². The van der Waals surface area contributed by atoms with Crippen molar-refractivity contribution in [2.24, 2.45) is 0 Å². The molecule has 0 bridgehead atoms. The number of anilines is 1. The largest absolute Gasteiger partial charge is 0.507 e. The van der Waals surface area contributed by atoms with E-state index in [1.165, 1.54) is 24.5 Å². The van der Waals surface area contributed by atoms with Gasteiger partial charge in [-0.05, 0) is 18.2 Å². The number of amides is 2. The second-order valence-corrected chi connectivity index (χ2v) is 4.37. The molecule has 0 spiro atoms. The summed E-state index contributed by atoms with van der Waals surface area (Å²) in [7, 11) is 0. The van der Waals surface area contributed by atoms with Crippen LogP contribution in [-0.2, 0) is 0 Å². The van der Waals surface area contributed by atoms with Crippen molar-refractivity contribution >= 4 is 23.5 Å². The first-order valence-corrected chi connectivity index (χ1v) is 5.90. The van der Waals surface area contributed by atoms with Gasteiger partial charge in [0.1, 0.15) is 11.3 Å². The van der Waals surface area contributed by atoms with E-state index in [4.69, 9.17) is 5.11 Å². The van der Waals surface area contributed by atoms with Crippen molar-refractivity contribution in [3.05, 3.63) is 53.3 Å². The quantitative estimate of drug-likeness (QED) is 0.804. The van der Waals surface area contributed by atoms with Crippen LogP contribution in [0.25, 0.3) is 0 Å². The summed E-state index contributed by atoms with van der Waals surface area (Å²) in [5.41, 5.74) is 0.182. The molecular weight excluding hydrogens is 276 g/mol. The van der Waals surface area contributed by atoms with E-state index >= 15 is 0 Å². The summed E-state index contributed by atoms with van der Waals surface area (Å²) in [6.07, 6.45) is 2.69. The first kappa shape index (κ1) is 12.8. The Balaban J connectivity index is 2.07. The van der Waals surface area contributed by atoms with Gasteiger partial charge in [0.15, 0.2) is 0 Å². The zero-order valence-electron chi connectivity index (χ0n) is 10.5. The van der Waals surface area contributed by atoms with Gasteiger partial charge in [0, 0.05) is 18.5 Å². The van der Waals surface area contributed by atoms with Gasteiger partial charge < -0.3 is 10.2 Å². The molecule has 2 N–H and O–H groups in total. The molecule has 0 saturated carbocycles. The summed E-state index contributed by atoms with van der Waals surface area (Å²) in [6.45, 7) is 0. The predicted molar refractivity (Wildman–Crippen MR) is 70.4 cm³/mol. The average molecular weight is 284 g/mol. The highest BCUT2D eigenvalue weighted by Gasteiger charge is 2.37. The molecule has 0 fully saturated rings. The van der Waals surface area contributed by atoms with Gasteiger partial charge >= 0.3 is 5.97 Å². The average Bonchev–Trinajstić information content (AvgIpc) is 2.71. The maximum atomic E-state index is 12.2. The number of carbonyl (C=O) groups is 3. The minimum atomic E-state index is -1.30.